The van der Waals surface area contributed by atoms with Gasteiger partial charge >= 0.3 is 0 Å². The van der Waals surface area contributed by atoms with Crippen molar-refractivity contribution >= 4 is 28.8 Å². The van der Waals surface area contributed by atoms with Crippen molar-refractivity contribution in [2.45, 2.75) is 18.9 Å². The number of anilines is 1. The number of hydrogen-bond acceptors (Lipinski definition) is 5. The molecule has 2 atom stereocenters. The van der Waals surface area contributed by atoms with Crippen LogP contribution in [0.5, 0.6) is 0 Å². The molecule has 2 amide bonds. The smallest absolute Gasteiger partial charge is 0.251 e. The molecule has 2 aromatic rings. The van der Waals surface area contributed by atoms with Crippen LogP contribution >= 0.6 is 0 Å². The van der Waals surface area contributed by atoms with Crippen molar-refractivity contribution in [1.29, 1.82) is 0 Å². The van der Waals surface area contributed by atoms with Crippen LogP contribution in [0, 0.1) is 5.92 Å². The van der Waals surface area contributed by atoms with E-state index in [0.29, 0.717) is 37.5 Å². The maximum atomic E-state index is 12.7. The molecule has 0 fully saturated rings. The third kappa shape index (κ3) is 4.11. The number of aryl methyl sites for hydroxylation is 1. The minimum absolute atomic E-state index is 0.233. The second-order valence-electron chi connectivity index (χ2n) is 6.65. The molecule has 1 heterocycles. The van der Waals surface area contributed by atoms with E-state index in [1.807, 2.05) is 29.8 Å². The number of hydrogen-bond donors (Lipinski definition) is 3. The number of benzene rings is 1. The van der Waals surface area contributed by atoms with Crippen LogP contribution in [0.4, 0.5) is 5.95 Å². The number of aromatic nitrogens is 2. The molecular weight excluding hydrogens is 346 g/mol. The molecule has 8 nitrogen and oxygen atoms in total. The standard InChI is InChI=1S/C19H25N5O3/c1-24-16-8-7-12(11-15(16)23-19(24)21-9-10-27-2)18(26)22-14-6-4-3-5-13(14)17(20)25/h3-4,7-8,11,13-14H,5-6,9-10H2,1-2H3,(H2,20,25)(H,21,23)(H,22,26)/t13-,14-/m1/s1. The van der Waals surface area contributed by atoms with Crippen LogP contribution in [0.25, 0.3) is 11.0 Å². The molecule has 0 saturated carbocycles. The van der Waals surface area contributed by atoms with Crippen LogP contribution in [0.3, 0.4) is 0 Å². The number of nitrogens with one attached hydrogen (secondary N) is 2. The summed E-state index contributed by atoms with van der Waals surface area (Å²) in [5.41, 5.74) is 7.61. The van der Waals surface area contributed by atoms with E-state index >= 15 is 0 Å². The molecule has 1 aliphatic carbocycles. The SMILES string of the molecule is COCCNc1nc2cc(C(=O)N[C@@H]3CC=CC[C@H]3C(N)=O)ccc2n1C. The highest BCUT2D eigenvalue weighted by Gasteiger charge is 2.28. The highest BCUT2D eigenvalue weighted by Crippen LogP contribution is 2.22. The molecule has 0 bridgehead atoms. The normalized spacial score (nSPS) is 19.2. The van der Waals surface area contributed by atoms with E-state index in [-0.39, 0.29) is 17.9 Å². The molecule has 8 heteroatoms. The van der Waals surface area contributed by atoms with E-state index in [4.69, 9.17) is 10.5 Å². The second kappa shape index (κ2) is 8.22. The zero-order valence-corrected chi connectivity index (χ0v) is 15.6. The number of nitrogens with two attached hydrogens (primary N) is 1. The molecule has 0 aliphatic heterocycles. The molecule has 0 spiro atoms. The summed E-state index contributed by atoms with van der Waals surface area (Å²) in [5.74, 6) is -0.292. The van der Waals surface area contributed by atoms with Gasteiger partial charge in [-0.3, -0.25) is 9.59 Å². The van der Waals surface area contributed by atoms with Gasteiger partial charge in [0, 0.05) is 32.3 Å². The fraction of sp³-hybridized carbons (Fsp3) is 0.421. The van der Waals surface area contributed by atoms with Gasteiger partial charge in [-0.15, -0.1) is 0 Å². The van der Waals surface area contributed by atoms with Crippen LogP contribution < -0.4 is 16.4 Å². The number of carbonyl (C=O) groups is 2. The zero-order valence-electron chi connectivity index (χ0n) is 15.6. The lowest BCUT2D eigenvalue weighted by atomic mass is 9.88. The first-order valence-electron chi connectivity index (χ1n) is 8.95. The van der Waals surface area contributed by atoms with Gasteiger partial charge in [-0.1, -0.05) is 12.2 Å². The molecule has 1 aromatic carbocycles. The minimum atomic E-state index is -0.392. The quantitative estimate of drug-likeness (QED) is 0.500. The van der Waals surface area contributed by atoms with Crippen molar-refractivity contribution < 1.29 is 14.3 Å². The van der Waals surface area contributed by atoms with E-state index in [9.17, 15) is 9.59 Å². The first kappa shape index (κ1) is 18.9. The van der Waals surface area contributed by atoms with E-state index in [1.165, 1.54) is 0 Å². The van der Waals surface area contributed by atoms with Crippen LogP contribution in [-0.2, 0) is 16.6 Å². The Morgan fingerprint density at radius 1 is 1.33 bits per heavy atom. The second-order valence-corrected chi connectivity index (χ2v) is 6.65. The fourth-order valence-electron chi connectivity index (χ4n) is 3.30. The van der Waals surface area contributed by atoms with Gasteiger partial charge in [0.25, 0.3) is 5.91 Å². The Kier molecular flexibility index (Phi) is 5.75. The van der Waals surface area contributed by atoms with Crippen molar-refractivity contribution in [1.82, 2.24) is 14.9 Å². The Morgan fingerprint density at radius 3 is 2.85 bits per heavy atom. The number of allylic oxidation sites excluding steroid dienone is 1. The van der Waals surface area contributed by atoms with Gasteiger partial charge < -0.3 is 25.7 Å². The topological polar surface area (TPSA) is 111 Å². The van der Waals surface area contributed by atoms with Crippen molar-refractivity contribution in [2.75, 3.05) is 25.6 Å². The predicted octanol–water partition coefficient (Wildman–Crippen LogP) is 1.18. The highest BCUT2D eigenvalue weighted by atomic mass is 16.5. The Balaban J connectivity index is 1.77. The molecule has 144 valence electrons. The van der Waals surface area contributed by atoms with E-state index < -0.39 is 5.91 Å². The Morgan fingerprint density at radius 2 is 2.11 bits per heavy atom. The van der Waals surface area contributed by atoms with E-state index in [2.05, 4.69) is 15.6 Å². The lowest BCUT2D eigenvalue weighted by Crippen LogP contribution is -2.46. The van der Waals surface area contributed by atoms with Crippen LogP contribution in [0.15, 0.2) is 30.4 Å². The molecule has 27 heavy (non-hydrogen) atoms. The number of nitrogens with zero attached hydrogens (tertiary/aromatic N) is 2. The third-order valence-electron chi connectivity index (χ3n) is 4.85. The molecule has 0 unspecified atom stereocenters. The lowest BCUT2D eigenvalue weighted by molar-refractivity contribution is -0.122. The monoisotopic (exact) mass is 371 g/mol. The van der Waals surface area contributed by atoms with Gasteiger partial charge in [-0.05, 0) is 31.0 Å². The number of amides is 2. The first-order valence-corrected chi connectivity index (χ1v) is 8.95. The van der Waals surface area contributed by atoms with Gasteiger partial charge in [-0.25, -0.2) is 4.98 Å². The largest absolute Gasteiger partial charge is 0.383 e. The highest BCUT2D eigenvalue weighted by molar-refractivity contribution is 5.98. The molecule has 1 aliphatic rings. The van der Waals surface area contributed by atoms with Crippen LogP contribution in [0.2, 0.25) is 0 Å². The summed E-state index contributed by atoms with van der Waals surface area (Å²) in [4.78, 5) is 28.8. The Hall–Kier alpha value is -2.87. The Bertz CT molecular complexity index is 874. The summed E-state index contributed by atoms with van der Waals surface area (Å²) in [6, 6.07) is 5.09. The van der Waals surface area contributed by atoms with E-state index in [1.54, 1.807) is 19.2 Å². The first-order chi connectivity index (χ1) is 13.0. The van der Waals surface area contributed by atoms with Gasteiger partial charge in [0.1, 0.15) is 0 Å². The number of carbonyl (C=O) groups excluding carboxylic acids is 2. The fourth-order valence-corrected chi connectivity index (χ4v) is 3.30. The van der Waals surface area contributed by atoms with E-state index in [0.717, 1.165) is 11.0 Å². The molecule has 0 saturated heterocycles. The van der Waals surface area contributed by atoms with Gasteiger partial charge in [0.2, 0.25) is 11.9 Å². The third-order valence-corrected chi connectivity index (χ3v) is 4.85. The zero-order chi connectivity index (χ0) is 19.4. The van der Waals surface area contributed by atoms with Gasteiger partial charge in [0.15, 0.2) is 0 Å². The summed E-state index contributed by atoms with van der Waals surface area (Å²) >= 11 is 0. The predicted molar refractivity (Wildman–Crippen MR) is 103 cm³/mol. The summed E-state index contributed by atoms with van der Waals surface area (Å²) in [6.45, 7) is 1.22. The van der Waals surface area contributed by atoms with Gasteiger partial charge in [0.05, 0.1) is 23.6 Å². The van der Waals surface area contributed by atoms with Gasteiger partial charge in [-0.2, -0.15) is 0 Å². The number of fused-ring (bicyclic) bond motifs is 1. The molecule has 0 radical (unpaired) electrons. The molecular formula is C19H25N5O3. The molecule has 3 rings (SSSR count). The van der Waals surface area contributed by atoms with Crippen molar-refractivity contribution in [2.24, 2.45) is 18.7 Å². The number of ether oxygens (including phenoxy) is 1. The number of rotatable bonds is 7. The average molecular weight is 371 g/mol. The van der Waals surface area contributed by atoms with Crippen LogP contribution in [-0.4, -0.2) is 47.7 Å². The molecule has 1 aromatic heterocycles. The maximum Gasteiger partial charge on any atom is 0.251 e. The number of imidazole rings is 1. The van der Waals surface area contributed by atoms with Crippen molar-refractivity contribution in [3.8, 4) is 0 Å². The average Bonchev–Trinajstić information content (AvgIpc) is 2.97. The van der Waals surface area contributed by atoms with Crippen LogP contribution in [0.1, 0.15) is 23.2 Å². The Labute approximate surface area is 157 Å². The number of primary amides is 1. The summed E-state index contributed by atoms with van der Waals surface area (Å²) < 4.78 is 6.97. The molecule has 4 N–H and O–H groups in total. The van der Waals surface area contributed by atoms with Crippen molar-refractivity contribution in [3.05, 3.63) is 35.9 Å². The maximum absolute atomic E-state index is 12.7. The van der Waals surface area contributed by atoms with Crippen molar-refractivity contribution in [3.63, 3.8) is 0 Å². The summed E-state index contributed by atoms with van der Waals surface area (Å²) in [6.07, 6.45) is 5.04. The number of methoxy groups -OCH3 is 1. The minimum Gasteiger partial charge on any atom is -0.383 e. The lowest BCUT2D eigenvalue weighted by Gasteiger charge is -2.26. The summed E-state index contributed by atoms with van der Waals surface area (Å²) in [7, 11) is 3.56. The summed E-state index contributed by atoms with van der Waals surface area (Å²) in [5, 5.41) is 6.14.